The summed E-state index contributed by atoms with van der Waals surface area (Å²) in [4.78, 5) is 21.7. The SMILES string of the molecule is C=C/C(Cl)=C(/C=O)C(=C)Cl.CNC(C/C=C/c1ccc(C2(OC)CCOCC2)cc1)C(=O)OC. The highest BCUT2D eigenvalue weighted by atomic mass is 35.5. The molecule has 1 aliphatic rings. The van der Waals surface area contributed by atoms with Crippen LogP contribution < -0.4 is 5.32 Å². The molecule has 0 amide bonds. The number of hydrogen-bond donors (Lipinski definition) is 1. The molecule has 186 valence electrons. The monoisotopic (exact) mass is 509 g/mol. The molecule has 8 heteroatoms. The largest absolute Gasteiger partial charge is 0.468 e. The maximum Gasteiger partial charge on any atom is 0.323 e. The average molecular weight is 510 g/mol. The second kappa shape index (κ2) is 15.6. The number of esters is 1. The summed E-state index contributed by atoms with van der Waals surface area (Å²) in [7, 11) is 4.92. The number of nitrogens with one attached hydrogen (secondary N) is 1. The molecule has 1 aliphatic heterocycles. The summed E-state index contributed by atoms with van der Waals surface area (Å²) < 4.78 is 16.0. The van der Waals surface area contributed by atoms with Gasteiger partial charge in [0.05, 0.1) is 23.3 Å². The molecule has 1 fully saturated rings. The summed E-state index contributed by atoms with van der Waals surface area (Å²) >= 11 is 10.9. The van der Waals surface area contributed by atoms with E-state index in [0.717, 1.165) is 31.6 Å². The lowest BCUT2D eigenvalue weighted by molar-refractivity contribution is -0.142. The lowest BCUT2D eigenvalue weighted by Crippen LogP contribution is -2.35. The van der Waals surface area contributed by atoms with Gasteiger partial charge in [-0.1, -0.05) is 72.8 Å². The van der Waals surface area contributed by atoms with Crippen LogP contribution in [0.2, 0.25) is 0 Å². The summed E-state index contributed by atoms with van der Waals surface area (Å²) in [6, 6.07) is 8.07. The average Bonchev–Trinajstić information content (AvgIpc) is 2.87. The van der Waals surface area contributed by atoms with Gasteiger partial charge in [0.1, 0.15) is 6.04 Å². The molecule has 1 aromatic carbocycles. The standard InChI is InChI=1S/C19H27NO4.C7H6Cl2O/c1-20-17(18(21)22-2)6-4-5-15-7-9-16(10-8-15)19(23-3)11-13-24-14-12-19;1-3-7(9)6(4-10)5(2)8/h4-5,7-10,17,20H,6,11-14H2,1-3H3;3-4H,1-2H2/b5-4+;7-6+. The third-order valence-corrected chi connectivity index (χ3v) is 6.05. The van der Waals surface area contributed by atoms with Crippen LogP contribution in [-0.2, 0) is 29.4 Å². The first-order valence-electron chi connectivity index (χ1n) is 10.8. The quantitative estimate of drug-likeness (QED) is 0.204. The van der Waals surface area contributed by atoms with Crippen molar-refractivity contribution in [3.8, 4) is 0 Å². The zero-order valence-corrected chi connectivity index (χ0v) is 21.5. The van der Waals surface area contributed by atoms with Crippen molar-refractivity contribution in [1.82, 2.24) is 5.32 Å². The summed E-state index contributed by atoms with van der Waals surface area (Å²) in [5, 5.41) is 3.29. The van der Waals surface area contributed by atoms with E-state index < -0.39 is 0 Å². The van der Waals surface area contributed by atoms with E-state index in [4.69, 9.17) is 37.4 Å². The van der Waals surface area contributed by atoms with Crippen LogP contribution in [0.3, 0.4) is 0 Å². The van der Waals surface area contributed by atoms with Gasteiger partial charge in [0.25, 0.3) is 0 Å². The lowest BCUT2D eigenvalue weighted by atomic mass is 9.86. The van der Waals surface area contributed by atoms with E-state index in [0.29, 0.717) is 12.7 Å². The van der Waals surface area contributed by atoms with E-state index in [1.54, 1.807) is 14.2 Å². The van der Waals surface area contributed by atoms with E-state index in [2.05, 4.69) is 42.7 Å². The Kier molecular flexibility index (Phi) is 13.7. The van der Waals surface area contributed by atoms with Crippen molar-refractivity contribution in [1.29, 1.82) is 0 Å². The van der Waals surface area contributed by atoms with Crippen LogP contribution in [0.15, 0.2) is 65.2 Å². The first-order chi connectivity index (χ1) is 16.3. The number of allylic oxidation sites excluding steroid dienone is 4. The van der Waals surface area contributed by atoms with Crippen LogP contribution in [0.4, 0.5) is 0 Å². The molecule has 6 nitrogen and oxygen atoms in total. The highest BCUT2D eigenvalue weighted by molar-refractivity contribution is 6.38. The number of aldehydes is 1. The Bertz CT molecular complexity index is 887. The fourth-order valence-corrected chi connectivity index (χ4v) is 3.74. The van der Waals surface area contributed by atoms with E-state index in [1.807, 2.05) is 12.2 Å². The number of rotatable bonds is 10. The van der Waals surface area contributed by atoms with Crippen LogP contribution >= 0.6 is 23.2 Å². The van der Waals surface area contributed by atoms with Gasteiger partial charge < -0.3 is 19.5 Å². The van der Waals surface area contributed by atoms with Gasteiger partial charge in [-0.05, 0) is 30.7 Å². The van der Waals surface area contributed by atoms with Gasteiger partial charge in [-0.2, -0.15) is 0 Å². The van der Waals surface area contributed by atoms with Crippen molar-refractivity contribution in [3.63, 3.8) is 0 Å². The smallest absolute Gasteiger partial charge is 0.323 e. The van der Waals surface area contributed by atoms with Crippen LogP contribution in [0.5, 0.6) is 0 Å². The third-order valence-electron chi connectivity index (χ3n) is 5.49. The molecular formula is C26H33Cl2NO5. The molecule has 2 rings (SSSR count). The van der Waals surface area contributed by atoms with Crippen LogP contribution in [0.1, 0.15) is 30.4 Å². The summed E-state index contributed by atoms with van der Waals surface area (Å²) in [5.74, 6) is -0.251. The first kappa shape index (κ1) is 29.8. The van der Waals surface area contributed by atoms with Crippen LogP contribution in [-0.4, -0.2) is 52.8 Å². The normalized spacial score (nSPS) is 16.5. The van der Waals surface area contributed by atoms with Crippen molar-refractivity contribution < 1.29 is 23.8 Å². The molecule has 0 spiro atoms. The molecule has 0 aliphatic carbocycles. The molecule has 1 N–H and O–H groups in total. The highest BCUT2D eigenvalue weighted by Gasteiger charge is 2.34. The zero-order valence-electron chi connectivity index (χ0n) is 19.9. The Morgan fingerprint density at radius 3 is 2.26 bits per heavy atom. The van der Waals surface area contributed by atoms with Crippen LogP contribution in [0, 0.1) is 0 Å². The predicted octanol–water partition coefficient (Wildman–Crippen LogP) is 5.12. The molecule has 1 heterocycles. The van der Waals surface area contributed by atoms with E-state index >= 15 is 0 Å². The zero-order chi connectivity index (χ0) is 25.6. The van der Waals surface area contributed by atoms with Crippen molar-refractivity contribution in [2.45, 2.75) is 30.9 Å². The van der Waals surface area contributed by atoms with Gasteiger partial charge >= 0.3 is 5.97 Å². The third kappa shape index (κ3) is 8.85. The Hall–Kier alpha value is -2.22. The maximum atomic E-state index is 11.5. The van der Waals surface area contributed by atoms with Gasteiger partial charge in [-0.15, -0.1) is 0 Å². The summed E-state index contributed by atoms with van der Waals surface area (Å²) in [6.45, 7) is 8.16. The number of methoxy groups -OCH3 is 2. The number of likely N-dealkylation sites (N-methyl/N-ethyl adjacent to an activating group) is 1. The highest BCUT2D eigenvalue weighted by Crippen LogP contribution is 2.35. The van der Waals surface area contributed by atoms with Crippen molar-refractivity contribution in [3.05, 3.63) is 76.3 Å². The molecule has 1 saturated heterocycles. The molecule has 34 heavy (non-hydrogen) atoms. The minimum atomic E-state index is -0.315. The van der Waals surface area contributed by atoms with Gasteiger partial charge in [0.15, 0.2) is 6.29 Å². The van der Waals surface area contributed by atoms with Gasteiger partial charge in [0.2, 0.25) is 0 Å². The molecule has 0 radical (unpaired) electrons. The number of carbonyl (C=O) groups excluding carboxylic acids is 2. The minimum absolute atomic E-state index is 0.125. The van der Waals surface area contributed by atoms with Gasteiger partial charge in [-0.3, -0.25) is 9.59 Å². The Morgan fingerprint density at radius 1 is 1.24 bits per heavy atom. The van der Waals surface area contributed by atoms with E-state index in [9.17, 15) is 9.59 Å². The molecule has 1 aromatic rings. The molecular weight excluding hydrogens is 477 g/mol. The lowest BCUT2D eigenvalue weighted by Gasteiger charge is -2.36. The van der Waals surface area contributed by atoms with Gasteiger partial charge in [0, 0.05) is 38.2 Å². The summed E-state index contributed by atoms with van der Waals surface area (Å²) in [5.41, 5.74) is 2.23. The van der Waals surface area contributed by atoms with E-state index in [1.165, 1.54) is 18.7 Å². The Morgan fingerprint density at radius 2 is 1.85 bits per heavy atom. The molecule has 0 bridgehead atoms. The maximum absolute atomic E-state index is 11.5. The minimum Gasteiger partial charge on any atom is -0.468 e. The fraction of sp³-hybridized carbons (Fsp3) is 0.385. The number of hydrogen-bond acceptors (Lipinski definition) is 6. The number of carbonyl (C=O) groups is 2. The molecule has 1 unspecified atom stereocenters. The number of ether oxygens (including phenoxy) is 3. The van der Waals surface area contributed by atoms with Crippen LogP contribution in [0.25, 0.3) is 6.08 Å². The summed E-state index contributed by atoms with van der Waals surface area (Å²) in [6.07, 6.45) is 8.21. The molecule has 0 aromatic heterocycles. The van der Waals surface area contributed by atoms with Gasteiger partial charge in [-0.25, -0.2) is 0 Å². The molecule has 0 saturated carbocycles. The van der Waals surface area contributed by atoms with Crippen molar-refractivity contribution in [2.75, 3.05) is 34.5 Å². The van der Waals surface area contributed by atoms with Crippen molar-refractivity contribution >= 4 is 41.5 Å². The second-order valence-corrected chi connectivity index (χ2v) is 8.29. The fourth-order valence-electron chi connectivity index (χ4n) is 3.38. The number of halogens is 2. The number of benzene rings is 1. The predicted molar refractivity (Wildman–Crippen MR) is 138 cm³/mol. The Balaban J connectivity index is 0.000000489. The first-order valence-corrected chi connectivity index (χ1v) is 11.5. The van der Waals surface area contributed by atoms with Crippen molar-refractivity contribution in [2.24, 2.45) is 0 Å². The topological polar surface area (TPSA) is 73.9 Å². The molecule has 1 atom stereocenters. The van der Waals surface area contributed by atoms with E-state index in [-0.39, 0.29) is 33.2 Å². The Labute approximate surface area is 212 Å². The second-order valence-electron chi connectivity index (χ2n) is 7.42.